The van der Waals surface area contributed by atoms with Crippen molar-refractivity contribution in [2.45, 2.75) is 39.2 Å². The molecule has 5 nitrogen and oxygen atoms in total. The number of rotatable bonds is 4. The standard InChI is InChI=1S/C15H20O5/c1-4-19-12(16)15(13(17)20-5-2)8-10-6-14(3,18)7-11(10)9-15/h6-7,18H,4-5,8-9H2,1-3H3. The van der Waals surface area contributed by atoms with Crippen LogP contribution in [0.25, 0.3) is 0 Å². The van der Waals surface area contributed by atoms with Crippen LogP contribution < -0.4 is 0 Å². The average molecular weight is 280 g/mol. The van der Waals surface area contributed by atoms with E-state index in [9.17, 15) is 14.7 Å². The maximum absolute atomic E-state index is 12.2. The van der Waals surface area contributed by atoms with Gasteiger partial charge in [-0.25, -0.2) is 0 Å². The minimum Gasteiger partial charge on any atom is -0.465 e. The van der Waals surface area contributed by atoms with Crippen LogP contribution in [0.2, 0.25) is 0 Å². The van der Waals surface area contributed by atoms with Crippen molar-refractivity contribution in [2.75, 3.05) is 13.2 Å². The van der Waals surface area contributed by atoms with Gasteiger partial charge in [0.1, 0.15) is 0 Å². The molecule has 1 fully saturated rings. The summed E-state index contributed by atoms with van der Waals surface area (Å²) in [7, 11) is 0. The van der Waals surface area contributed by atoms with E-state index in [-0.39, 0.29) is 26.1 Å². The zero-order valence-electron chi connectivity index (χ0n) is 12.1. The number of aliphatic hydroxyl groups is 1. The van der Waals surface area contributed by atoms with Gasteiger partial charge < -0.3 is 14.6 Å². The first kappa shape index (κ1) is 14.8. The maximum atomic E-state index is 12.2. The van der Waals surface area contributed by atoms with Crippen LogP contribution in [0.5, 0.6) is 0 Å². The highest BCUT2D eigenvalue weighted by Gasteiger charge is 2.55. The molecule has 0 unspecified atom stereocenters. The second kappa shape index (κ2) is 5.05. The Bertz CT molecular complexity index is 454. The Morgan fingerprint density at radius 1 is 1.10 bits per heavy atom. The summed E-state index contributed by atoms with van der Waals surface area (Å²) in [5.74, 6) is -1.09. The zero-order chi connectivity index (χ0) is 15.0. The number of carbonyl (C=O) groups excluding carboxylic acids is 2. The van der Waals surface area contributed by atoms with Gasteiger partial charge in [-0.1, -0.05) is 0 Å². The lowest BCUT2D eigenvalue weighted by Crippen LogP contribution is -2.40. The van der Waals surface area contributed by atoms with E-state index < -0.39 is 23.0 Å². The Balaban J connectivity index is 2.32. The first-order valence-electron chi connectivity index (χ1n) is 6.85. The van der Waals surface area contributed by atoms with Crippen LogP contribution >= 0.6 is 0 Å². The van der Waals surface area contributed by atoms with Crippen LogP contribution in [0.4, 0.5) is 0 Å². The summed E-state index contributed by atoms with van der Waals surface area (Å²) < 4.78 is 10.1. The van der Waals surface area contributed by atoms with Crippen molar-refractivity contribution in [1.82, 2.24) is 0 Å². The van der Waals surface area contributed by atoms with Gasteiger partial charge in [0.2, 0.25) is 0 Å². The Kier molecular flexibility index (Phi) is 3.73. The SMILES string of the molecule is CCOC(=O)C1(C(=O)OCC)CC2=CC(C)(O)C=C2C1. The molecule has 0 aromatic heterocycles. The van der Waals surface area contributed by atoms with E-state index in [2.05, 4.69) is 0 Å². The molecule has 5 heteroatoms. The van der Waals surface area contributed by atoms with E-state index in [1.807, 2.05) is 0 Å². The molecule has 0 saturated heterocycles. The number of hydrogen-bond acceptors (Lipinski definition) is 5. The largest absolute Gasteiger partial charge is 0.465 e. The number of ether oxygens (including phenoxy) is 2. The molecule has 20 heavy (non-hydrogen) atoms. The molecule has 110 valence electrons. The maximum Gasteiger partial charge on any atom is 0.324 e. The van der Waals surface area contributed by atoms with Crippen LogP contribution in [-0.2, 0) is 19.1 Å². The lowest BCUT2D eigenvalue weighted by atomic mass is 9.84. The third-order valence-corrected chi connectivity index (χ3v) is 3.66. The van der Waals surface area contributed by atoms with Crippen molar-refractivity contribution in [1.29, 1.82) is 0 Å². The molecule has 2 aliphatic rings. The first-order valence-corrected chi connectivity index (χ1v) is 6.85. The lowest BCUT2D eigenvalue weighted by molar-refractivity contribution is -0.171. The van der Waals surface area contributed by atoms with Gasteiger partial charge in [-0.05, 0) is 56.9 Å². The Morgan fingerprint density at radius 2 is 1.50 bits per heavy atom. The number of esters is 2. The first-order chi connectivity index (χ1) is 9.34. The second-order valence-electron chi connectivity index (χ2n) is 5.44. The van der Waals surface area contributed by atoms with Crippen LogP contribution in [-0.4, -0.2) is 35.9 Å². The van der Waals surface area contributed by atoms with Crippen molar-refractivity contribution >= 4 is 11.9 Å². The third kappa shape index (κ3) is 2.38. The van der Waals surface area contributed by atoms with Crippen LogP contribution in [0.3, 0.4) is 0 Å². The van der Waals surface area contributed by atoms with Gasteiger partial charge >= 0.3 is 11.9 Å². The summed E-state index contributed by atoms with van der Waals surface area (Å²) in [5, 5.41) is 9.97. The fraction of sp³-hybridized carbons (Fsp3) is 0.600. The predicted octanol–water partition coefficient (Wildman–Crippen LogP) is 1.51. The normalized spacial score (nSPS) is 21.8. The Morgan fingerprint density at radius 3 is 1.85 bits per heavy atom. The molecule has 0 amide bonds. The Labute approximate surface area is 118 Å². The van der Waals surface area contributed by atoms with Crippen molar-refractivity contribution in [3.05, 3.63) is 23.3 Å². The summed E-state index contributed by atoms with van der Waals surface area (Å²) in [6.07, 6.45) is 3.82. The average Bonchev–Trinajstić information content (AvgIpc) is 2.80. The topological polar surface area (TPSA) is 72.8 Å². The van der Waals surface area contributed by atoms with E-state index in [0.29, 0.717) is 0 Å². The van der Waals surface area contributed by atoms with Crippen molar-refractivity contribution in [3.63, 3.8) is 0 Å². The summed E-state index contributed by atoms with van der Waals surface area (Å²) in [6, 6.07) is 0. The smallest absolute Gasteiger partial charge is 0.324 e. The molecular weight excluding hydrogens is 260 g/mol. The quantitative estimate of drug-likeness (QED) is 0.624. The number of carbonyl (C=O) groups is 2. The number of allylic oxidation sites excluding steroid dienone is 2. The molecule has 0 aliphatic heterocycles. The van der Waals surface area contributed by atoms with Gasteiger partial charge in [0.05, 0.1) is 18.8 Å². The van der Waals surface area contributed by atoms with E-state index in [4.69, 9.17) is 9.47 Å². The minimum atomic E-state index is -1.29. The van der Waals surface area contributed by atoms with E-state index in [1.54, 1.807) is 32.9 Å². The second-order valence-corrected chi connectivity index (χ2v) is 5.44. The minimum absolute atomic E-state index is 0.218. The van der Waals surface area contributed by atoms with Gasteiger partial charge in [-0.2, -0.15) is 0 Å². The Hall–Kier alpha value is -1.62. The number of hydrogen-bond donors (Lipinski definition) is 1. The summed E-state index contributed by atoms with van der Waals surface area (Å²) in [4.78, 5) is 24.5. The van der Waals surface area contributed by atoms with Gasteiger partial charge in [-0.3, -0.25) is 9.59 Å². The van der Waals surface area contributed by atoms with E-state index in [1.165, 1.54) is 0 Å². The molecule has 2 aliphatic carbocycles. The molecule has 0 atom stereocenters. The molecule has 0 heterocycles. The van der Waals surface area contributed by atoms with Crippen LogP contribution in [0, 0.1) is 5.41 Å². The molecule has 1 N–H and O–H groups in total. The third-order valence-electron chi connectivity index (χ3n) is 3.66. The molecule has 0 aromatic carbocycles. The molecule has 0 aromatic rings. The van der Waals surface area contributed by atoms with Gasteiger partial charge in [0.25, 0.3) is 0 Å². The highest BCUT2D eigenvalue weighted by molar-refractivity contribution is 6.02. The highest BCUT2D eigenvalue weighted by atomic mass is 16.6. The highest BCUT2D eigenvalue weighted by Crippen LogP contribution is 2.50. The van der Waals surface area contributed by atoms with Crippen LogP contribution in [0.15, 0.2) is 23.3 Å². The summed E-state index contributed by atoms with van der Waals surface area (Å²) in [6.45, 7) is 5.51. The van der Waals surface area contributed by atoms with E-state index >= 15 is 0 Å². The van der Waals surface area contributed by atoms with Gasteiger partial charge in [-0.15, -0.1) is 0 Å². The fourth-order valence-electron chi connectivity index (χ4n) is 2.88. The van der Waals surface area contributed by atoms with E-state index in [0.717, 1.165) is 11.1 Å². The molecule has 0 radical (unpaired) electrons. The summed E-state index contributed by atoms with van der Waals surface area (Å²) in [5.41, 5.74) is -0.632. The molecular formula is C15H20O5. The van der Waals surface area contributed by atoms with Crippen LogP contribution in [0.1, 0.15) is 33.6 Å². The molecule has 1 saturated carbocycles. The van der Waals surface area contributed by atoms with Gasteiger partial charge in [0.15, 0.2) is 5.41 Å². The summed E-state index contributed by atoms with van der Waals surface area (Å²) >= 11 is 0. The van der Waals surface area contributed by atoms with Crippen molar-refractivity contribution < 1.29 is 24.2 Å². The van der Waals surface area contributed by atoms with Gasteiger partial charge in [0, 0.05) is 0 Å². The fourth-order valence-corrected chi connectivity index (χ4v) is 2.88. The van der Waals surface area contributed by atoms with Crippen molar-refractivity contribution in [2.24, 2.45) is 5.41 Å². The number of fused-ring (bicyclic) bond motifs is 1. The zero-order valence-corrected chi connectivity index (χ0v) is 12.1. The predicted molar refractivity (Wildman–Crippen MR) is 71.7 cm³/mol. The molecule has 0 bridgehead atoms. The monoisotopic (exact) mass is 280 g/mol. The molecule has 2 rings (SSSR count). The van der Waals surface area contributed by atoms with Crippen molar-refractivity contribution in [3.8, 4) is 0 Å². The molecule has 0 spiro atoms. The lowest BCUT2D eigenvalue weighted by Gasteiger charge is -2.24.